The third kappa shape index (κ3) is 4.88. The predicted molar refractivity (Wildman–Crippen MR) is 125 cm³/mol. The SMILES string of the molecule is O=C(NC(c1ccc(Cl)c([N+](=O)[O-])c1)c1c(O)ccc2ccccc12)OCc1ccccc1. The molecule has 0 saturated heterocycles. The lowest BCUT2D eigenvalue weighted by Gasteiger charge is -2.22. The number of ether oxygens (including phenoxy) is 1. The standard InChI is InChI=1S/C25H19ClN2O5/c26-20-12-10-18(14-21(20)28(31)32)24(27-25(30)33-15-16-6-2-1-3-7-16)23-19-9-5-4-8-17(19)11-13-22(23)29/h1-14,24,29H,15H2,(H,27,30). The van der Waals surface area contributed by atoms with Crippen molar-refractivity contribution < 1.29 is 19.6 Å². The topological polar surface area (TPSA) is 102 Å². The molecule has 0 heterocycles. The molecule has 0 aliphatic heterocycles. The second-order valence-electron chi connectivity index (χ2n) is 7.33. The Bertz CT molecular complexity index is 1330. The van der Waals surface area contributed by atoms with Crippen LogP contribution in [0.4, 0.5) is 10.5 Å². The molecule has 1 unspecified atom stereocenters. The quantitative estimate of drug-likeness (QED) is 0.265. The van der Waals surface area contributed by atoms with E-state index in [1.165, 1.54) is 18.2 Å². The van der Waals surface area contributed by atoms with E-state index in [0.29, 0.717) is 16.5 Å². The van der Waals surface area contributed by atoms with E-state index in [1.54, 1.807) is 24.3 Å². The normalized spacial score (nSPS) is 11.7. The van der Waals surface area contributed by atoms with Crippen molar-refractivity contribution in [2.75, 3.05) is 0 Å². The van der Waals surface area contributed by atoms with Gasteiger partial charge in [0.15, 0.2) is 0 Å². The molecule has 4 aromatic rings. The summed E-state index contributed by atoms with van der Waals surface area (Å²) in [5.74, 6) is -0.0698. The Hall–Kier alpha value is -4.10. The van der Waals surface area contributed by atoms with Gasteiger partial charge in [-0.05, 0) is 34.0 Å². The average molecular weight is 463 g/mol. The molecule has 4 rings (SSSR count). The molecule has 1 atom stereocenters. The Morgan fingerprint density at radius 2 is 1.76 bits per heavy atom. The lowest BCUT2D eigenvalue weighted by Crippen LogP contribution is -2.30. The first-order valence-electron chi connectivity index (χ1n) is 10.1. The van der Waals surface area contributed by atoms with Gasteiger partial charge in [-0.15, -0.1) is 0 Å². The van der Waals surface area contributed by atoms with Crippen LogP contribution in [0.1, 0.15) is 22.7 Å². The lowest BCUT2D eigenvalue weighted by atomic mass is 9.92. The maximum Gasteiger partial charge on any atom is 0.408 e. The molecular weight excluding hydrogens is 444 g/mol. The van der Waals surface area contributed by atoms with Crippen LogP contribution in [0.5, 0.6) is 5.75 Å². The summed E-state index contributed by atoms with van der Waals surface area (Å²) in [5, 5.41) is 26.4. The van der Waals surface area contributed by atoms with Gasteiger partial charge in [-0.25, -0.2) is 4.79 Å². The molecule has 0 aliphatic rings. The van der Waals surface area contributed by atoms with Crippen LogP contribution in [-0.4, -0.2) is 16.1 Å². The summed E-state index contributed by atoms with van der Waals surface area (Å²) in [6.07, 6.45) is -0.742. The summed E-state index contributed by atoms with van der Waals surface area (Å²) in [6.45, 7) is 0.0433. The van der Waals surface area contributed by atoms with Crippen molar-refractivity contribution in [1.82, 2.24) is 5.32 Å². The number of fused-ring (bicyclic) bond motifs is 1. The molecule has 166 valence electrons. The molecule has 0 saturated carbocycles. The van der Waals surface area contributed by atoms with Crippen LogP contribution in [-0.2, 0) is 11.3 Å². The van der Waals surface area contributed by atoms with Crippen LogP contribution >= 0.6 is 11.6 Å². The number of hydrogen-bond acceptors (Lipinski definition) is 5. The molecule has 0 fully saturated rings. The Balaban J connectivity index is 1.75. The first-order valence-corrected chi connectivity index (χ1v) is 10.4. The monoisotopic (exact) mass is 462 g/mol. The fourth-order valence-corrected chi connectivity index (χ4v) is 3.83. The number of nitrogens with zero attached hydrogens (tertiary/aromatic N) is 1. The van der Waals surface area contributed by atoms with Gasteiger partial charge in [-0.1, -0.05) is 78.3 Å². The first kappa shape index (κ1) is 22.1. The van der Waals surface area contributed by atoms with E-state index in [1.807, 2.05) is 42.5 Å². The summed E-state index contributed by atoms with van der Waals surface area (Å²) in [7, 11) is 0. The highest BCUT2D eigenvalue weighted by Gasteiger charge is 2.26. The highest BCUT2D eigenvalue weighted by atomic mass is 35.5. The molecule has 7 nitrogen and oxygen atoms in total. The van der Waals surface area contributed by atoms with Crippen molar-refractivity contribution in [2.24, 2.45) is 0 Å². The van der Waals surface area contributed by atoms with E-state index in [4.69, 9.17) is 16.3 Å². The molecule has 8 heteroatoms. The van der Waals surface area contributed by atoms with Gasteiger partial charge in [-0.2, -0.15) is 0 Å². The van der Waals surface area contributed by atoms with E-state index in [9.17, 15) is 20.0 Å². The minimum absolute atomic E-state index is 0.0312. The largest absolute Gasteiger partial charge is 0.508 e. The van der Waals surface area contributed by atoms with Crippen molar-refractivity contribution in [3.8, 4) is 5.75 Å². The second-order valence-corrected chi connectivity index (χ2v) is 7.73. The van der Waals surface area contributed by atoms with E-state index in [0.717, 1.165) is 10.9 Å². The molecule has 33 heavy (non-hydrogen) atoms. The molecule has 0 radical (unpaired) electrons. The zero-order chi connectivity index (χ0) is 23.4. The number of alkyl carbamates (subject to hydrolysis) is 1. The van der Waals surface area contributed by atoms with Crippen LogP contribution in [0.2, 0.25) is 5.02 Å². The number of phenols is 1. The van der Waals surface area contributed by atoms with Crippen molar-refractivity contribution in [3.63, 3.8) is 0 Å². The Morgan fingerprint density at radius 1 is 1.03 bits per heavy atom. The number of carbonyl (C=O) groups is 1. The van der Waals surface area contributed by atoms with Crippen LogP contribution in [0, 0.1) is 10.1 Å². The number of rotatable bonds is 6. The van der Waals surface area contributed by atoms with Gasteiger partial charge in [0.1, 0.15) is 17.4 Å². The number of hydrogen-bond donors (Lipinski definition) is 2. The molecule has 4 aromatic carbocycles. The highest BCUT2D eigenvalue weighted by Crippen LogP contribution is 2.38. The summed E-state index contributed by atoms with van der Waals surface area (Å²) >= 11 is 5.99. The van der Waals surface area contributed by atoms with Crippen molar-refractivity contribution in [1.29, 1.82) is 0 Å². The van der Waals surface area contributed by atoms with Gasteiger partial charge in [0.25, 0.3) is 5.69 Å². The van der Waals surface area contributed by atoms with Gasteiger partial charge < -0.3 is 15.2 Å². The Morgan fingerprint density at radius 3 is 2.52 bits per heavy atom. The van der Waals surface area contributed by atoms with Gasteiger partial charge in [-0.3, -0.25) is 10.1 Å². The van der Waals surface area contributed by atoms with Gasteiger partial charge in [0.05, 0.1) is 11.0 Å². The average Bonchev–Trinajstić information content (AvgIpc) is 2.82. The number of carbonyl (C=O) groups excluding carboxylic acids is 1. The minimum atomic E-state index is -0.935. The maximum absolute atomic E-state index is 12.7. The predicted octanol–water partition coefficient (Wildman–Crippen LogP) is 6.12. The fourth-order valence-electron chi connectivity index (χ4n) is 3.64. The van der Waals surface area contributed by atoms with E-state index in [2.05, 4.69) is 5.32 Å². The number of nitrogens with one attached hydrogen (secondary N) is 1. The van der Waals surface area contributed by atoms with Crippen LogP contribution in [0.3, 0.4) is 0 Å². The maximum atomic E-state index is 12.7. The van der Waals surface area contributed by atoms with Gasteiger partial charge in [0, 0.05) is 11.6 Å². The summed E-state index contributed by atoms with van der Waals surface area (Å²) in [4.78, 5) is 23.6. The Labute approximate surface area is 194 Å². The van der Waals surface area contributed by atoms with E-state index >= 15 is 0 Å². The smallest absolute Gasteiger partial charge is 0.408 e. The van der Waals surface area contributed by atoms with Gasteiger partial charge in [0.2, 0.25) is 0 Å². The zero-order valence-electron chi connectivity index (χ0n) is 17.3. The lowest BCUT2D eigenvalue weighted by molar-refractivity contribution is -0.384. The molecule has 0 aliphatic carbocycles. The van der Waals surface area contributed by atoms with Crippen molar-refractivity contribution in [2.45, 2.75) is 12.6 Å². The molecule has 0 aromatic heterocycles. The number of benzene rings is 4. The molecule has 0 bridgehead atoms. The number of nitro groups is 1. The molecule has 1 amide bonds. The molecule has 0 spiro atoms. The van der Waals surface area contributed by atoms with Crippen LogP contribution in [0.15, 0.2) is 84.9 Å². The third-order valence-electron chi connectivity index (χ3n) is 5.21. The number of amides is 1. The van der Waals surface area contributed by atoms with Gasteiger partial charge >= 0.3 is 6.09 Å². The van der Waals surface area contributed by atoms with Crippen molar-refractivity contribution in [3.05, 3.63) is 117 Å². The summed E-state index contributed by atoms with van der Waals surface area (Å²) in [6, 6.07) is 23.1. The molecule has 2 N–H and O–H groups in total. The minimum Gasteiger partial charge on any atom is -0.508 e. The highest BCUT2D eigenvalue weighted by molar-refractivity contribution is 6.32. The fraction of sp³-hybridized carbons (Fsp3) is 0.0800. The van der Waals surface area contributed by atoms with E-state index in [-0.39, 0.29) is 23.1 Å². The summed E-state index contributed by atoms with van der Waals surface area (Å²) in [5.41, 5.74) is 1.26. The van der Waals surface area contributed by atoms with E-state index < -0.39 is 17.1 Å². The number of aromatic hydroxyl groups is 1. The number of nitro benzene ring substituents is 1. The number of phenolic OH excluding ortho intramolecular Hbond substituents is 1. The third-order valence-corrected chi connectivity index (χ3v) is 5.53. The van der Waals surface area contributed by atoms with Crippen LogP contribution < -0.4 is 5.32 Å². The first-order chi connectivity index (χ1) is 15.9. The van der Waals surface area contributed by atoms with Crippen LogP contribution in [0.25, 0.3) is 10.8 Å². The summed E-state index contributed by atoms with van der Waals surface area (Å²) < 4.78 is 5.36. The number of halogens is 1. The Kier molecular flexibility index (Phi) is 6.42. The zero-order valence-corrected chi connectivity index (χ0v) is 18.0. The molecular formula is C25H19ClN2O5. The van der Waals surface area contributed by atoms with Crippen molar-refractivity contribution >= 4 is 34.2 Å². The second kappa shape index (κ2) is 9.58.